The maximum absolute atomic E-state index is 13.7. The number of rotatable bonds is 4. The van der Waals surface area contributed by atoms with Gasteiger partial charge in [0.15, 0.2) is 0 Å². The van der Waals surface area contributed by atoms with E-state index in [1.54, 1.807) is 24.0 Å². The molecular formula is C14H15ClFN5. The fourth-order valence-corrected chi connectivity index (χ4v) is 2.53. The van der Waals surface area contributed by atoms with Crippen molar-refractivity contribution in [1.82, 2.24) is 24.5 Å². The molecule has 5 nitrogen and oxygen atoms in total. The Kier molecular flexibility index (Phi) is 3.63. The highest BCUT2D eigenvalue weighted by Gasteiger charge is 2.16. The first-order valence-electron chi connectivity index (χ1n) is 6.70. The van der Waals surface area contributed by atoms with Crippen molar-refractivity contribution in [3.63, 3.8) is 0 Å². The van der Waals surface area contributed by atoms with E-state index in [4.69, 9.17) is 11.6 Å². The Morgan fingerprint density at radius 1 is 1.33 bits per heavy atom. The maximum atomic E-state index is 13.7. The molecule has 2 aromatic heterocycles. The Morgan fingerprint density at radius 3 is 2.81 bits per heavy atom. The molecule has 0 spiro atoms. The zero-order valence-corrected chi connectivity index (χ0v) is 12.5. The molecule has 0 fully saturated rings. The lowest BCUT2D eigenvalue weighted by molar-refractivity contribution is 0.515. The highest BCUT2D eigenvalue weighted by molar-refractivity contribution is 6.20. The number of aromatic nitrogens is 5. The summed E-state index contributed by atoms with van der Waals surface area (Å²) in [5, 5.41) is 7.47. The summed E-state index contributed by atoms with van der Waals surface area (Å²) >= 11 is 6.21. The molecule has 1 atom stereocenters. The van der Waals surface area contributed by atoms with Gasteiger partial charge in [0, 0.05) is 18.8 Å². The van der Waals surface area contributed by atoms with Crippen molar-refractivity contribution in [2.45, 2.75) is 32.3 Å². The van der Waals surface area contributed by atoms with Gasteiger partial charge in [0.2, 0.25) is 0 Å². The van der Waals surface area contributed by atoms with Crippen LogP contribution in [0.25, 0.3) is 11.0 Å². The third-order valence-electron chi connectivity index (χ3n) is 3.44. The molecule has 3 aromatic rings. The molecule has 1 aromatic carbocycles. The first-order valence-corrected chi connectivity index (χ1v) is 7.14. The topological polar surface area (TPSA) is 48.5 Å². The van der Waals surface area contributed by atoms with Crippen molar-refractivity contribution < 1.29 is 4.39 Å². The molecular weight excluding hydrogens is 293 g/mol. The largest absolute Gasteiger partial charge is 0.325 e. The lowest BCUT2D eigenvalue weighted by atomic mass is 10.2. The van der Waals surface area contributed by atoms with Crippen LogP contribution in [-0.2, 0) is 13.1 Å². The summed E-state index contributed by atoms with van der Waals surface area (Å²) in [4.78, 5) is 4.46. The van der Waals surface area contributed by atoms with Gasteiger partial charge in [-0.3, -0.25) is 4.68 Å². The van der Waals surface area contributed by atoms with Gasteiger partial charge in [-0.2, -0.15) is 0 Å². The molecule has 0 N–H and O–H groups in total. The van der Waals surface area contributed by atoms with Gasteiger partial charge in [-0.05, 0) is 25.5 Å². The first kappa shape index (κ1) is 14.0. The van der Waals surface area contributed by atoms with Crippen LogP contribution < -0.4 is 0 Å². The fraction of sp³-hybridized carbons (Fsp3) is 0.357. The van der Waals surface area contributed by atoms with Gasteiger partial charge in [0.1, 0.15) is 11.6 Å². The molecule has 0 saturated carbocycles. The standard InChI is InChI=1S/C14H15ClFN5/c1-9-7-13-12(8-11(9)16)18-14(10(2)15)21(13)6-5-20-4-3-17-19-20/h3-4,7-8,10H,5-6H2,1-2H3. The summed E-state index contributed by atoms with van der Waals surface area (Å²) in [6.45, 7) is 4.90. The molecule has 0 aliphatic heterocycles. The van der Waals surface area contributed by atoms with Crippen LogP contribution in [0.3, 0.4) is 0 Å². The summed E-state index contributed by atoms with van der Waals surface area (Å²) in [5.41, 5.74) is 2.11. The minimum absolute atomic E-state index is 0.253. The van der Waals surface area contributed by atoms with Crippen LogP contribution in [-0.4, -0.2) is 24.5 Å². The summed E-state index contributed by atoms with van der Waals surface area (Å²) in [6.07, 6.45) is 3.43. The van der Waals surface area contributed by atoms with Crippen molar-refractivity contribution in [2.24, 2.45) is 0 Å². The zero-order valence-electron chi connectivity index (χ0n) is 11.8. The van der Waals surface area contributed by atoms with Crippen LogP contribution in [0.1, 0.15) is 23.7 Å². The van der Waals surface area contributed by atoms with Gasteiger partial charge in [0.05, 0.1) is 29.2 Å². The first-order chi connectivity index (χ1) is 10.1. The van der Waals surface area contributed by atoms with Gasteiger partial charge in [0.25, 0.3) is 0 Å². The number of benzene rings is 1. The van der Waals surface area contributed by atoms with E-state index in [-0.39, 0.29) is 11.2 Å². The maximum Gasteiger partial charge on any atom is 0.128 e. The Hall–Kier alpha value is -1.95. The third kappa shape index (κ3) is 2.63. The van der Waals surface area contributed by atoms with Gasteiger partial charge < -0.3 is 4.57 Å². The average molecular weight is 308 g/mol. The minimum Gasteiger partial charge on any atom is -0.325 e. The average Bonchev–Trinajstić information content (AvgIpc) is 3.05. The minimum atomic E-state index is -0.253. The Balaban J connectivity index is 2.04. The summed E-state index contributed by atoms with van der Waals surface area (Å²) in [6, 6.07) is 3.27. The van der Waals surface area contributed by atoms with E-state index in [9.17, 15) is 4.39 Å². The Bertz CT molecular complexity index is 763. The number of imidazole rings is 1. The second-order valence-corrected chi connectivity index (χ2v) is 5.65. The summed E-state index contributed by atoms with van der Waals surface area (Å²) in [7, 11) is 0. The molecule has 0 amide bonds. The Labute approximate surface area is 126 Å². The van der Waals surface area contributed by atoms with E-state index >= 15 is 0 Å². The predicted molar refractivity (Wildman–Crippen MR) is 78.7 cm³/mol. The van der Waals surface area contributed by atoms with Crippen molar-refractivity contribution in [3.05, 3.63) is 41.7 Å². The molecule has 1 unspecified atom stereocenters. The molecule has 0 saturated heterocycles. The van der Waals surface area contributed by atoms with Crippen LogP contribution in [0.15, 0.2) is 24.5 Å². The highest BCUT2D eigenvalue weighted by Crippen LogP contribution is 2.26. The van der Waals surface area contributed by atoms with Crippen molar-refractivity contribution >= 4 is 22.6 Å². The third-order valence-corrected chi connectivity index (χ3v) is 3.63. The normalized spacial score (nSPS) is 13.0. The van der Waals surface area contributed by atoms with E-state index in [0.717, 1.165) is 11.3 Å². The second-order valence-electron chi connectivity index (χ2n) is 4.99. The van der Waals surface area contributed by atoms with Crippen LogP contribution in [0, 0.1) is 12.7 Å². The molecule has 0 radical (unpaired) electrons. The van der Waals surface area contributed by atoms with Gasteiger partial charge in [-0.25, -0.2) is 9.37 Å². The second kappa shape index (κ2) is 5.44. The smallest absolute Gasteiger partial charge is 0.128 e. The molecule has 2 heterocycles. The van der Waals surface area contributed by atoms with Gasteiger partial charge in [-0.15, -0.1) is 16.7 Å². The number of alkyl halides is 1. The Morgan fingerprint density at radius 2 is 2.14 bits per heavy atom. The van der Waals surface area contributed by atoms with Crippen LogP contribution in [0.4, 0.5) is 4.39 Å². The fourth-order valence-electron chi connectivity index (χ4n) is 2.36. The van der Waals surface area contributed by atoms with Crippen LogP contribution in [0.2, 0.25) is 0 Å². The van der Waals surface area contributed by atoms with E-state index < -0.39 is 0 Å². The number of hydrogen-bond donors (Lipinski definition) is 0. The predicted octanol–water partition coefficient (Wildman–Crippen LogP) is 3.08. The molecule has 3 rings (SSSR count). The van der Waals surface area contributed by atoms with E-state index in [1.165, 1.54) is 6.07 Å². The zero-order chi connectivity index (χ0) is 15.0. The molecule has 21 heavy (non-hydrogen) atoms. The molecule has 0 bridgehead atoms. The molecule has 0 aliphatic rings. The molecule has 110 valence electrons. The van der Waals surface area contributed by atoms with E-state index in [1.807, 2.05) is 17.6 Å². The summed E-state index contributed by atoms with van der Waals surface area (Å²) in [5.74, 6) is 0.481. The number of nitrogens with zero attached hydrogens (tertiary/aromatic N) is 5. The molecule has 7 heteroatoms. The number of aryl methyl sites for hydroxylation is 3. The highest BCUT2D eigenvalue weighted by atomic mass is 35.5. The lowest BCUT2D eigenvalue weighted by Crippen LogP contribution is -2.11. The van der Waals surface area contributed by atoms with Gasteiger partial charge in [-0.1, -0.05) is 5.21 Å². The van der Waals surface area contributed by atoms with E-state index in [0.29, 0.717) is 24.2 Å². The lowest BCUT2D eigenvalue weighted by Gasteiger charge is -2.10. The number of fused-ring (bicyclic) bond motifs is 1. The number of halogens is 2. The van der Waals surface area contributed by atoms with Crippen molar-refractivity contribution in [1.29, 1.82) is 0 Å². The van der Waals surface area contributed by atoms with Crippen LogP contribution >= 0.6 is 11.6 Å². The van der Waals surface area contributed by atoms with E-state index in [2.05, 4.69) is 15.3 Å². The molecule has 0 aliphatic carbocycles. The summed E-state index contributed by atoms with van der Waals surface area (Å²) < 4.78 is 17.5. The van der Waals surface area contributed by atoms with Crippen LogP contribution in [0.5, 0.6) is 0 Å². The quantitative estimate of drug-likeness (QED) is 0.696. The SMILES string of the molecule is Cc1cc2c(cc1F)nc(C(C)Cl)n2CCn1ccnn1. The number of hydrogen-bond acceptors (Lipinski definition) is 3. The monoisotopic (exact) mass is 307 g/mol. The van der Waals surface area contributed by atoms with Gasteiger partial charge >= 0.3 is 0 Å². The van der Waals surface area contributed by atoms with Crippen molar-refractivity contribution in [3.8, 4) is 0 Å². The van der Waals surface area contributed by atoms with Crippen molar-refractivity contribution in [2.75, 3.05) is 0 Å².